The van der Waals surface area contributed by atoms with Crippen molar-refractivity contribution in [2.24, 2.45) is 0 Å². The number of aryl methyl sites for hydroxylation is 1. The van der Waals surface area contributed by atoms with Gasteiger partial charge >= 0.3 is 0 Å². The maximum atomic E-state index is 13.4. The molecule has 9 nitrogen and oxygen atoms in total. The van der Waals surface area contributed by atoms with Crippen LogP contribution in [0, 0.1) is 0 Å². The highest BCUT2D eigenvalue weighted by Gasteiger charge is 2.43. The number of carbonyl (C=O) groups excluding carboxylic acids is 2. The average Bonchev–Trinajstić information content (AvgIpc) is 3.32. The van der Waals surface area contributed by atoms with E-state index in [1.165, 1.54) is 0 Å². The third-order valence-corrected chi connectivity index (χ3v) is 6.28. The molecule has 1 aromatic heterocycles. The molecule has 1 atom stereocenters. The molecule has 3 heterocycles. The number of aromatic nitrogens is 2. The number of halogens is 1. The molecule has 4 rings (SSSR count). The lowest BCUT2D eigenvalue weighted by Crippen LogP contribution is -2.59. The minimum atomic E-state index is -0.985. The van der Waals surface area contributed by atoms with Gasteiger partial charge in [0.25, 0.3) is 5.91 Å². The van der Waals surface area contributed by atoms with Gasteiger partial charge in [0.2, 0.25) is 5.91 Å². The fraction of sp³-hybridized carbons (Fsp3) is 0.542. The number of hydrogen-bond donors (Lipinski definition) is 0. The van der Waals surface area contributed by atoms with E-state index < -0.39 is 5.60 Å². The van der Waals surface area contributed by atoms with Crippen LogP contribution >= 0.6 is 11.6 Å². The zero-order valence-electron chi connectivity index (χ0n) is 19.5. The van der Waals surface area contributed by atoms with Crippen molar-refractivity contribution in [2.75, 3.05) is 52.6 Å². The summed E-state index contributed by atoms with van der Waals surface area (Å²) in [6.07, 6.45) is 2.61. The summed E-state index contributed by atoms with van der Waals surface area (Å²) in [5.41, 5.74) is -0.450. The standard InChI is InChI=1S/C24H31ClN4O5/c1-2-8-29-21(6-7-26-29)23(31)28-11-14-34-24(17-28,16-22(30)27-9-12-32-13-10-27)18-33-20-5-3-4-19(25)15-20/h3-7,15H,2,8-14,16-18H2,1H3/t24-/m0/s1. The molecule has 0 aliphatic carbocycles. The summed E-state index contributed by atoms with van der Waals surface area (Å²) >= 11 is 6.10. The van der Waals surface area contributed by atoms with Crippen molar-refractivity contribution in [3.8, 4) is 5.75 Å². The Morgan fingerprint density at radius 2 is 1.94 bits per heavy atom. The van der Waals surface area contributed by atoms with Crippen LogP contribution in [0.25, 0.3) is 0 Å². The van der Waals surface area contributed by atoms with Gasteiger partial charge in [0.15, 0.2) is 0 Å². The predicted molar refractivity (Wildman–Crippen MR) is 126 cm³/mol. The number of benzene rings is 1. The number of nitrogens with zero attached hydrogens (tertiary/aromatic N) is 4. The molecule has 2 aromatic rings. The Morgan fingerprint density at radius 1 is 1.15 bits per heavy atom. The van der Waals surface area contributed by atoms with E-state index in [0.717, 1.165) is 6.42 Å². The first-order valence-electron chi connectivity index (χ1n) is 11.7. The molecule has 2 amide bonds. The molecule has 2 aliphatic rings. The molecule has 34 heavy (non-hydrogen) atoms. The molecular formula is C24H31ClN4O5. The summed E-state index contributed by atoms with van der Waals surface area (Å²) in [6.45, 7) is 5.92. The summed E-state index contributed by atoms with van der Waals surface area (Å²) < 4.78 is 19.3. The number of carbonyl (C=O) groups is 2. The van der Waals surface area contributed by atoms with Crippen molar-refractivity contribution in [3.63, 3.8) is 0 Å². The van der Waals surface area contributed by atoms with Gasteiger partial charge < -0.3 is 24.0 Å². The molecule has 2 saturated heterocycles. The smallest absolute Gasteiger partial charge is 0.272 e. The maximum absolute atomic E-state index is 13.4. The van der Waals surface area contributed by atoms with E-state index in [0.29, 0.717) is 62.5 Å². The first-order valence-corrected chi connectivity index (χ1v) is 12.1. The zero-order valence-corrected chi connectivity index (χ0v) is 20.2. The Morgan fingerprint density at radius 3 is 2.71 bits per heavy atom. The molecule has 0 radical (unpaired) electrons. The van der Waals surface area contributed by atoms with Gasteiger partial charge in [-0.15, -0.1) is 0 Å². The molecule has 184 valence electrons. The van der Waals surface area contributed by atoms with Crippen LogP contribution in [0.15, 0.2) is 36.5 Å². The van der Waals surface area contributed by atoms with Gasteiger partial charge in [-0.05, 0) is 30.7 Å². The van der Waals surface area contributed by atoms with Crippen LogP contribution in [-0.2, 0) is 20.8 Å². The van der Waals surface area contributed by atoms with E-state index >= 15 is 0 Å². The molecule has 2 fully saturated rings. The van der Waals surface area contributed by atoms with Gasteiger partial charge in [0.1, 0.15) is 23.7 Å². The minimum absolute atomic E-state index is 0.0386. The lowest BCUT2D eigenvalue weighted by atomic mass is 9.96. The monoisotopic (exact) mass is 490 g/mol. The van der Waals surface area contributed by atoms with E-state index in [9.17, 15) is 9.59 Å². The summed E-state index contributed by atoms with van der Waals surface area (Å²) in [7, 11) is 0. The van der Waals surface area contributed by atoms with Crippen LogP contribution in [0.2, 0.25) is 5.02 Å². The molecule has 0 bridgehead atoms. The third-order valence-electron chi connectivity index (χ3n) is 6.04. The average molecular weight is 491 g/mol. The van der Waals surface area contributed by atoms with E-state index in [1.807, 2.05) is 6.92 Å². The predicted octanol–water partition coefficient (Wildman–Crippen LogP) is 2.49. The number of ether oxygens (including phenoxy) is 3. The number of morpholine rings is 2. The van der Waals surface area contributed by atoms with Crippen LogP contribution in [0.5, 0.6) is 5.75 Å². The molecular weight excluding hydrogens is 460 g/mol. The van der Waals surface area contributed by atoms with Gasteiger partial charge in [0.05, 0.1) is 32.8 Å². The van der Waals surface area contributed by atoms with Crippen molar-refractivity contribution in [1.82, 2.24) is 19.6 Å². The quantitative estimate of drug-likeness (QED) is 0.565. The van der Waals surface area contributed by atoms with Gasteiger partial charge in [-0.25, -0.2) is 0 Å². The lowest BCUT2D eigenvalue weighted by Gasteiger charge is -2.43. The summed E-state index contributed by atoms with van der Waals surface area (Å²) in [5, 5.41) is 4.84. The SMILES string of the molecule is CCCn1nccc1C(=O)N1CCO[C@@](COc2cccc(Cl)c2)(CC(=O)N2CCOCC2)C1. The third kappa shape index (κ3) is 5.89. The second-order valence-corrected chi connectivity index (χ2v) is 9.05. The van der Waals surface area contributed by atoms with Crippen LogP contribution in [0.4, 0.5) is 0 Å². The second-order valence-electron chi connectivity index (χ2n) is 8.61. The Hall–Kier alpha value is -2.62. The molecule has 1 aromatic carbocycles. The zero-order chi connectivity index (χ0) is 24.0. The Bertz CT molecular complexity index is 993. The van der Waals surface area contributed by atoms with E-state index in [2.05, 4.69) is 5.10 Å². The van der Waals surface area contributed by atoms with E-state index in [-0.39, 0.29) is 31.4 Å². The fourth-order valence-electron chi connectivity index (χ4n) is 4.30. The summed E-state index contributed by atoms with van der Waals surface area (Å²) in [4.78, 5) is 30.1. The highest BCUT2D eigenvalue weighted by molar-refractivity contribution is 6.30. The molecule has 2 aliphatic heterocycles. The molecule has 10 heteroatoms. The largest absolute Gasteiger partial charge is 0.490 e. The number of amides is 2. The summed E-state index contributed by atoms with van der Waals surface area (Å²) in [5.74, 6) is 0.419. The molecule has 0 unspecified atom stereocenters. The maximum Gasteiger partial charge on any atom is 0.272 e. The van der Waals surface area contributed by atoms with E-state index in [4.69, 9.17) is 25.8 Å². The normalized spacial score (nSPS) is 20.9. The first kappa shape index (κ1) is 24.5. The van der Waals surface area contributed by atoms with Gasteiger partial charge in [-0.2, -0.15) is 5.10 Å². The van der Waals surface area contributed by atoms with Gasteiger partial charge in [-0.3, -0.25) is 14.3 Å². The molecule has 0 N–H and O–H groups in total. The first-order chi connectivity index (χ1) is 16.5. The van der Waals surface area contributed by atoms with Crippen molar-refractivity contribution < 1.29 is 23.8 Å². The van der Waals surface area contributed by atoms with Gasteiger partial charge in [0, 0.05) is 37.4 Å². The van der Waals surface area contributed by atoms with Crippen LogP contribution in [0.1, 0.15) is 30.3 Å². The highest BCUT2D eigenvalue weighted by Crippen LogP contribution is 2.27. The fourth-order valence-corrected chi connectivity index (χ4v) is 4.48. The Kier molecular flexibility index (Phi) is 8.07. The van der Waals surface area contributed by atoms with Crippen LogP contribution in [0.3, 0.4) is 0 Å². The van der Waals surface area contributed by atoms with Crippen molar-refractivity contribution in [3.05, 3.63) is 47.2 Å². The molecule has 0 spiro atoms. The topological polar surface area (TPSA) is 86.1 Å². The number of rotatable bonds is 8. The van der Waals surface area contributed by atoms with Crippen molar-refractivity contribution in [1.29, 1.82) is 0 Å². The number of hydrogen-bond acceptors (Lipinski definition) is 6. The highest BCUT2D eigenvalue weighted by atomic mass is 35.5. The van der Waals surface area contributed by atoms with Crippen molar-refractivity contribution >= 4 is 23.4 Å². The van der Waals surface area contributed by atoms with E-state index in [1.54, 1.807) is 51.0 Å². The lowest BCUT2D eigenvalue weighted by molar-refractivity contribution is -0.155. The van der Waals surface area contributed by atoms with Crippen LogP contribution < -0.4 is 4.74 Å². The van der Waals surface area contributed by atoms with Crippen LogP contribution in [-0.4, -0.2) is 89.6 Å². The second kappa shape index (κ2) is 11.2. The summed E-state index contributed by atoms with van der Waals surface area (Å²) in [6, 6.07) is 8.82. The van der Waals surface area contributed by atoms with Crippen molar-refractivity contribution in [2.45, 2.75) is 31.9 Å². The minimum Gasteiger partial charge on any atom is -0.490 e. The van der Waals surface area contributed by atoms with Gasteiger partial charge in [-0.1, -0.05) is 24.6 Å². The molecule has 0 saturated carbocycles. The Labute approximate surface area is 204 Å². The Balaban J connectivity index is 1.53.